The van der Waals surface area contributed by atoms with E-state index in [2.05, 4.69) is 31.7 Å². The highest BCUT2D eigenvalue weighted by Gasteiger charge is 2.14. The van der Waals surface area contributed by atoms with Crippen LogP contribution in [0.5, 0.6) is 0 Å². The van der Waals surface area contributed by atoms with Gasteiger partial charge in [-0.3, -0.25) is 4.79 Å². The van der Waals surface area contributed by atoms with E-state index in [1.54, 1.807) is 0 Å². The number of carboxylic acids is 3. The van der Waals surface area contributed by atoms with Crippen LogP contribution in [0.2, 0.25) is 0 Å². The number of carbonyl (C=O) groups excluding carboxylic acids is 1. The van der Waals surface area contributed by atoms with Crippen LogP contribution in [-0.2, 0) is 23.9 Å². The van der Waals surface area contributed by atoms with Gasteiger partial charge < -0.3 is 25.2 Å². The van der Waals surface area contributed by atoms with E-state index in [9.17, 15) is 24.3 Å². The Labute approximate surface area is 214 Å². The molecule has 0 aliphatic rings. The van der Waals surface area contributed by atoms with Crippen molar-refractivity contribution in [3.63, 3.8) is 0 Å². The molecular formula is C27H44O9. The van der Waals surface area contributed by atoms with Gasteiger partial charge in [0.05, 0.1) is 6.26 Å². The number of hydrogen-bond donors (Lipinski definition) is 4. The Morgan fingerprint density at radius 3 is 1.69 bits per heavy atom. The van der Waals surface area contributed by atoms with Crippen LogP contribution in [0.15, 0.2) is 48.3 Å². The molecule has 36 heavy (non-hydrogen) atoms. The molecule has 0 fully saturated rings. The number of carbonyl (C=O) groups is 4. The minimum absolute atomic E-state index is 0.0486. The number of aliphatic hydroxyl groups is 1. The molecule has 1 unspecified atom stereocenters. The smallest absolute Gasteiger partial charge is 0.331 e. The fourth-order valence-corrected chi connectivity index (χ4v) is 2.67. The average molecular weight is 513 g/mol. The van der Waals surface area contributed by atoms with Gasteiger partial charge in [-0.25, -0.2) is 14.4 Å². The van der Waals surface area contributed by atoms with Gasteiger partial charge >= 0.3 is 23.9 Å². The third-order valence-corrected chi connectivity index (χ3v) is 4.85. The van der Waals surface area contributed by atoms with Crippen LogP contribution in [0, 0.1) is 5.92 Å². The van der Waals surface area contributed by atoms with Gasteiger partial charge in [0.25, 0.3) is 0 Å². The number of hydrogen-bond acceptors (Lipinski definition) is 6. The Morgan fingerprint density at radius 1 is 0.861 bits per heavy atom. The van der Waals surface area contributed by atoms with Crippen LogP contribution in [0.3, 0.4) is 0 Å². The Kier molecular flexibility index (Phi) is 25.8. The van der Waals surface area contributed by atoms with Crippen LogP contribution in [-0.4, -0.2) is 50.9 Å². The Bertz CT molecular complexity index is 748. The summed E-state index contributed by atoms with van der Waals surface area (Å²) in [5, 5.41) is 34.7. The standard InChI is InChI=1S/C18H30O4.C5H8O3.C4H6O2/c1-4-7-9-14(6-3)13-16(18(21)22)12-11-15(17(19)20)10-8-5-2;1-4(2-3-6)5(7)8;1-3-6-4(2)5/h11-12,14H,4-10,13H2,1-3H3,(H,19,20)(H,21,22);6H,1-3H2,(H,7,8);3H,1H2,2H3. The lowest BCUT2D eigenvalue weighted by Gasteiger charge is -2.14. The molecule has 0 aliphatic heterocycles. The van der Waals surface area contributed by atoms with E-state index >= 15 is 0 Å². The lowest BCUT2D eigenvalue weighted by atomic mass is 9.91. The summed E-state index contributed by atoms with van der Waals surface area (Å²) in [6, 6.07) is 0. The quantitative estimate of drug-likeness (QED) is 0.0905. The molecular weight excluding hydrogens is 468 g/mol. The van der Waals surface area contributed by atoms with Gasteiger partial charge in [0.2, 0.25) is 0 Å². The first-order valence-corrected chi connectivity index (χ1v) is 12.1. The van der Waals surface area contributed by atoms with Crippen LogP contribution in [0.4, 0.5) is 0 Å². The van der Waals surface area contributed by atoms with Crippen LogP contribution in [0.25, 0.3) is 0 Å². The molecule has 0 saturated heterocycles. The van der Waals surface area contributed by atoms with E-state index in [1.807, 2.05) is 6.92 Å². The van der Waals surface area contributed by atoms with Gasteiger partial charge in [0.15, 0.2) is 0 Å². The van der Waals surface area contributed by atoms with Crippen molar-refractivity contribution in [1.29, 1.82) is 0 Å². The van der Waals surface area contributed by atoms with Gasteiger partial charge in [-0.15, -0.1) is 0 Å². The maximum absolute atomic E-state index is 11.4. The van der Waals surface area contributed by atoms with Crippen LogP contribution in [0.1, 0.15) is 85.5 Å². The summed E-state index contributed by atoms with van der Waals surface area (Å²) in [5.74, 6) is -2.94. The zero-order valence-corrected chi connectivity index (χ0v) is 22.1. The molecule has 0 aliphatic carbocycles. The summed E-state index contributed by atoms with van der Waals surface area (Å²) in [4.78, 5) is 42.2. The SMILES string of the molecule is C=C(CCO)C(=O)O.C=COC(C)=O.CCCCC(=CC=C(CC(CC)CCCC)C(=O)O)C(=O)O. The molecule has 0 amide bonds. The molecule has 9 heteroatoms. The first kappa shape index (κ1) is 37.4. The molecule has 4 N–H and O–H groups in total. The maximum atomic E-state index is 11.4. The molecule has 0 spiro atoms. The second kappa shape index (κ2) is 24.9. The van der Waals surface area contributed by atoms with E-state index in [1.165, 1.54) is 19.1 Å². The summed E-state index contributed by atoms with van der Waals surface area (Å²) >= 11 is 0. The number of ether oxygens (including phenoxy) is 1. The van der Waals surface area contributed by atoms with Crippen molar-refractivity contribution in [2.45, 2.75) is 85.5 Å². The minimum Gasteiger partial charge on any atom is -0.478 e. The van der Waals surface area contributed by atoms with Gasteiger partial charge in [0.1, 0.15) is 0 Å². The maximum Gasteiger partial charge on any atom is 0.331 e. The van der Waals surface area contributed by atoms with Crippen molar-refractivity contribution in [1.82, 2.24) is 0 Å². The van der Waals surface area contributed by atoms with Gasteiger partial charge in [-0.2, -0.15) is 0 Å². The largest absolute Gasteiger partial charge is 0.478 e. The number of rotatable bonds is 16. The summed E-state index contributed by atoms with van der Waals surface area (Å²) in [6.45, 7) is 13.7. The van der Waals surface area contributed by atoms with Crippen molar-refractivity contribution >= 4 is 23.9 Å². The molecule has 0 heterocycles. The Morgan fingerprint density at radius 2 is 1.39 bits per heavy atom. The van der Waals surface area contributed by atoms with Gasteiger partial charge in [-0.1, -0.05) is 78.2 Å². The average Bonchev–Trinajstić information content (AvgIpc) is 2.80. The van der Waals surface area contributed by atoms with Gasteiger partial charge in [0, 0.05) is 36.7 Å². The monoisotopic (exact) mass is 512 g/mol. The lowest BCUT2D eigenvalue weighted by molar-refractivity contribution is -0.135. The number of esters is 1. The first-order chi connectivity index (χ1) is 16.9. The fourth-order valence-electron chi connectivity index (χ4n) is 2.67. The van der Waals surface area contributed by atoms with Crippen LogP contribution >= 0.6 is 0 Å². The lowest BCUT2D eigenvalue weighted by Crippen LogP contribution is -2.08. The molecule has 206 valence electrons. The summed E-state index contributed by atoms with van der Waals surface area (Å²) in [5.41, 5.74) is 0.632. The molecule has 0 saturated carbocycles. The van der Waals surface area contributed by atoms with Crippen molar-refractivity contribution in [3.8, 4) is 0 Å². The van der Waals surface area contributed by atoms with E-state index in [0.717, 1.165) is 44.8 Å². The minimum atomic E-state index is -1.04. The Balaban J connectivity index is -0.000000632. The molecule has 0 bridgehead atoms. The molecule has 9 nitrogen and oxygen atoms in total. The second-order valence-electron chi connectivity index (χ2n) is 7.88. The normalized spacial score (nSPS) is 11.6. The summed E-state index contributed by atoms with van der Waals surface area (Å²) in [7, 11) is 0. The highest BCUT2D eigenvalue weighted by Crippen LogP contribution is 2.22. The second-order valence-corrected chi connectivity index (χ2v) is 7.88. The zero-order valence-electron chi connectivity index (χ0n) is 22.1. The number of unbranched alkanes of at least 4 members (excludes halogenated alkanes) is 2. The predicted octanol–water partition coefficient (Wildman–Crippen LogP) is 5.51. The van der Waals surface area contributed by atoms with E-state index < -0.39 is 17.9 Å². The molecule has 0 aromatic heterocycles. The first-order valence-electron chi connectivity index (χ1n) is 12.1. The molecule has 0 aromatic carbocycles. The number of aliphatic hydroxyl groups excluding tert-OH is 1. The molecule has 0 radical (unpaired) electrons. The van der Waals surface area contributed by atoms with E-state index in [0.29, 0.717) is 24.3 Å². The zero-order chi connectivity index (χ0) is 28.5. The number of carboxylic acid groups (broad SMARTS) is 3. The number of aliphatic carboxylic acids is 3. The predicted molar refractivity (Wildman–Crippen MR) is 139 cm³/mol. The van der Waals surface area contributed by atoms with Crippen molar-refractivity contribution < 1.29 is 44.3 Å². The molecule has 0 rings (SSSR count). The molecule has 0 aromatic rings. The molecule has 1 atom stereocenters. The van der Waals surface area contributed by atoms with Crippen LogP contribution < -0.4 is 0 Å². The van der Waals surface area contributed by atoms with E-state index in [4.69, 9.17) is 15.3 Å². The third-order valence-electron chi connectivity index (χ3n) is 4.85. The fraction of sp³-hybridized carbons (Fsp3) is 0.556. The summed E-state index contributed by atoms with van der Waals surface area (Å²) < 4.78 is 4.17. The van der Waals surface area contributed by atoms with Crippen molar-refractivity contribution in [3.05, 3.63) is 48.3 Å². The number of allylic oxidation sites excluding steroid dienone is 2. The summed E-state index contributed by atoms with van der Waals surface area (Å²) in [6.07, 6.45) is 11.0. The Hall–Kier alpha value is -3.20. The third kappa shape index (κ3) is 23.9. The van der Waals surface area contributed by atoms with Crippen molar-refractivity contribution in [2.24, 2.45) is 5.92 Å². The highest BCUT2D eigenvalue weighted by molar-refractivity contribution is 5.89. The van der Waals surface area contributed by atoms with E-state index in [-0.39, 0.29) is 30.1 Å². The van der Waals surface area contributed by atoms with Crippen molar-refractivity contribution in [2.75, 3.05) is 6.61 Å². The van der Waals surface area contributed by atoms with Gasteiger partial charge in [-0.05, 0) is 25.2 Å². The topological polar surface area (TPSA) is 158 Å². The highest BCUT2D eigenvalue weighted by atomic mass is 16.5.